The van der Waals surface area contributed by atoms with Gasteiger partial charge in [-0.25, -0.2) is 0 Å². The molecule has 3 aromatic carbocycles. The van der Waals surface area contributed by atoms with E-state index >= 15 is 0 Å². The first-order valence-corrected chi connectivity index (χ1v) is 11.4. The molecule has 0 unspecified atom stereocenters. The average Bonchev–Trinajstić information content (AvgIpc) is 2.72. The van der Waals surface area contributed by atoms with E-state index < -0.39 is 0 Å². The normalized spacial score (nSPS) is 10.8. The van der Waals surface area contributed by atoms with Crippen molar-refractivity contribution in [1.82, 2.24) is 0 Å². The fraction of sp³-hybridized carbons (Fsp3) is 0.240. The summed E-state index contributed by atoms with van der Waals surface area (Å²) in [6.07, 6.45) is 2.11. The van der Waals surface area contributed by atoms with Crippen LogP contribution in [0, 0.1) is 13.8 Å². The van der Waals surface area contributed by atoms with Crippen LogP contribution < -0.4 is 5.32 Å². The third-order valence-corrected chi connectivity index (χ3v) is 6.49. The summed E-state index contributed by atoms with van der Waals surface area (Å²) in [6.45, 7) is 6.20. The van der Waals surface area contributed by atoms with E-state index in [0.29, 0.717) is 16.3 Å². The number of rotatable bonds is 7. The van der Waals surface area contributed by atoms with Crippen LogP contribution in [-0.4, -0.2) is 16.8 Å². The molecule has 0 saturated heterocycles. The predicted molar refractivity (Wildman–Crippen MR) is 128 cm³/mol. The highest BCUT2D eigenvalue weighted by Crippen LogP contribution is 2.40. The van der Waals surface area contributed by atoms with E-state index in [1.54, 1.807) is 42.1 Å². The van der Waals surface area contributed by atoms with Crippen molar-refractivity contribution < 1.29 is 9.90 Å². The first-order chi connectivity index (χ1) is 14.4. The molecular formula is C25H26ClNO2S. The molecule has 5 heteroatoms. The molecule has 3 rings (SSSR count). The maximum Gasteiger partial charge on any atom is 0.260 e. The summed E-state index contributed by atoms with van der Waals surface area (Å²) in [5.74, 6) is 0.545. The summed E-state index contributed by atoms with van der Waals surface area (Å²) in [5.41, 5.74) is 5.09. The largest absolute Gasteiger partial charge is 0.507 e. The zero-order chi connectivity index (χ0) is 21.7. The van der Waals surface area contributed by atoms with Crippen LogP contribution in [0.2, 0.25) is 5.02 Å². The number of thioether (sulfide) groups is 1. The third kappa shape index (κ3) is 5.18. The maximum atomic E-state index is 13.1. The Balaban J connectivity index is 2.04. The Morgan fingerprint density at radius 2 is 1.73 bits per heavy atom. The molecule has 30 heavy (non-hydrogen) atoms. The molecule has 0 spiro atoms. The molecule has 0 bridgehead atoms. The summed E-state index contributed by atoms with van der Waals surface area (Å²) in [7, 11) is 0. The van der Waals surface area contributed by atoms with Crippen molar-refractivity contribution in [2.75, 3.05) is 11.1 Å². The number of anilines is 1. The van der Waals surface area contributed by atoms with E-state index in [1.165, 1.54) is 5.56 Å². The molecular weight excluding hydrogens is 414 g/mol. The van der Waals surface area contributed by atoms with Gasteiger partial charge in [-0.3, -0.25) is 4.79 Å². The van der Waals surface area contributed by atoms with Crippen LogP contribution in [0.25, 0.3) is 11.1 Å². The van der Waals surface area contributed by atoms with Crippen LogP contribution in [0.1, 0.15) is 41.3 Å². The number of aromatic hydroxyl groups is 1. The fourth-order valence-corrected chi connectivity index (χ4v) is 4.65. The standard InChI is InChI=1S/C25H26ClNO2S/c1-4-5-14-30-24-17(3)21(18-8-6-16(2)7-9-18)15-22(28)23(24)25(29)27-20-12-10-19(26)11-13-20/h6-13,15,28H,4-5,14H2,1-3H3,(H,27,29). The van der Waals surface area contributed by atoms with Gasteiger partial charge in [0.15, 0.2) is 0 Å². The van der Waals surface area contributed by atoms with Gasteiger partial charge in [-0.2, -0.15) is 0 Å². The van der Waals surface area contributed by atoms with Crippen molar-refractivity contribution >= 4 is 35.0 Å². The quantitative estimate of drug-likeness (QED) is 0.296. The van der Waals surface area contributed by atoms with Crippen molar-refractivity contribution in [3.8, 4) is 16.9 Å². The molecule has 0 aliphatic rings. The lowest BCUT2D eigenvalue weighted by atomic mass is 9.96. The Morgan fingerprint density at radius 1 is 1.07 bits per heavy atom. The number of amides is 1. The van der Waals surface area contributed by atoms with Gasteiger partial charge in [0, 0.05) is 15.6 Å². The lowest BCUT2D eigenvalue weighted by Gasteiger charge is -2.18. The topological polar surface area (TPSA) is 49.3 Å². The van der Waals surface area contributed by atoms with Gasteiger partial charge >= 0.3 is 0 Å². The summed E-state index contributed by atoms with van der Waals surface area (Å²) >= 11 is 7.56. The van der Waals surface area contributed by atoms with Gasteiger partial charge in [0.25, 0.3) is 5.91 Å². The van der Waals surface area contributed by atoms with Gasteiger partial charge in [0.2, 0.25) is 0 Å². The molecule has 0 atom stereocenters. The monoisotopic (exact) mass is 439 g/mol. The minimum atomic E-state index is -0.327. The maximum absolute atomic E-state index is 13.1. The molecule has 0 heterocycles. The van der Waals surface area contributed by atoms with E-state index in [-0.39, 0.29) is 11.7 Å². The van der Waals surface area contributed by atoms with Crippen LogP contribution in [0.15, 0.2) is 59.5 Å². The lowest BCUT2D eigenvalue weighted by Crippen LogP contribution is -2.14. The predicted octanol–water partition coefficient (Wildman–Crippen LogP) is 7.47. The zero-order valence-electron chi connectivity index (χ0n) is 17.5. The second-order valence-electron chi connectivity index (χ2n) is 7.30. The number of hydrogen-bond donors (Lipinski definition) is 2. The highest BCUT2D eigenvalue weighted by molar-refractivity contribution is 7.99. The van der Waals surface area contributed by atoms with Crippen LogP contribution in [-0.2, 0) is 0 Å². The number of carbonyl (C=O) groups excluding carboxylic acids is 1. The molecule has 0 aromatic heterocycles. The number of benzene rings is 3. The van der Waals surface area contributed by atoms with Crippen molar-refractivity contribution in [2.24, 2.45) is 0 Å². The molecule has 0 aliphatic heterocycles. The molecule has 1 amide bonds. The van der Waals surface area contributed by atoms with Gasteiger partial charge in [-0.05, 0) is 73.0 Å². The molecule has 3 aromatic rings. The molecule has 0 fully saturated rings. The molecule has 2 N–H and O–H groups in total. The molecule has 0 saturated carbocycles. The van der Waals surface area contributed by atoms with Crippen molar-refractivity contribution in [1.29, 1.82) is 0 Å². The minimum absolute atomic E-state index is 0.0124. The average molecular weight is 440 g/mol. The third-order valence-electron chi connectivity index (χ3n) is 4.94. The Bertz CT molecular complexity index is 1030. The number of hydrogen-bond acceptors (Lipinski definition) is 3. The van der Waals surface area contributed by atoms with Crippen molar-refractivity contribution in [3.63, 3.8) is 0 Å². The number of halogens is 1. The van der Waals surface area contributed by atoms with Crippen LogP contribution in [0.5, 0.6) is 5.75 Å². The lowest BCUT2D eigenvalue weighted by molar-refractivity contribution is 0.102. The number of carbonyl (C=O) groups is 1. The minimum Gasteiger partial charge on any atom is -0.507 e. The van der Waals surface area contributed by atoms with Gasteiger partial charge in [-0.15, -0.1) is 11.8 Å². The SMILES string of the molecule is CCCCSc1c(C)c(-c2ccc(C)cc2)cc(O)c1C(=O)Nc1ccc(Cl)cc1. The van der Waals surface area contributed by atoms with Gasteiger partial charge in [0.1, 0.15) is 5.75 Å². The van der Waals surface area contributed by atoms with Gasteiger partial charge < -0.3 is 10.4 Å². The summed E-state index contributed by atoms with van der Waals surface area (Å²) in [5, 5.41) is 14.3. The number of unbranched alkanes of at least 4 members (excludes halogenated alkanes) is 1. The number of phenolic OH excluding ortho intramolecular Hbond substituents is 1. The molecule has 0 aliphatic carbocycles. The van der Waals surface area contributed by atoms with Crippen LogP contribution in [0.4, 0.5) is 5.69 Å². The second-order valence-corrected chi connectivity index (χ2v) is 8.84. The summed E-state index contributed by atoms with van der Waals surface area (Å²) in [6, 6.07) is 16.8. The summed E-state index contributed by atoms with van der Waals surface area (Å²) in [4.78, 5) is 13.9. The highest BCUT2D eigenvalue weighted by atomic mass is 35.5. The van der Waals surface area contributed by atoms with Crippen molar-refractivity contribution in [3.05, 3.63) is 76.3 Å². The molecule has 3 nitrogen and oxygen atoms in total. The van der Waals surface area contributed by atoms with Gasteiger partial charge in [-0.1, -0.05) is 54.8 Å². The van der Waals surface area contributed by atoms with Gasteiger partial charge in [0.05, 0.1) is 5.56 Å². The first kappa shape index (κ1) is 22.3. The Kier molecular flexibility index (Phi) is 7.46. The fourth-order valence-electron chi connectivity index (χ4n) is 3.22. The summed E-state index contributed by atoms with van der Waals surface area (Å²) < 4.78 is 0. The zero-order valence-corrected chi connectivity index (χ0v) is 19.0. The van der Waals surface area contributed by atoms with Crippen LogP contribution >= 0.6 is 23.4 Å². The Labute approximate surface area is 187 Å². The van der Waals surface area contributed by atoms with Crippen LogP contribution in [0.3, 0.4) is 0 Å². The van der Waals surface area contributed by atoms with E-state index in [9.17, 15) is 9.90 Å². The Hall–Kier alpha value is -2.43. The van der Waals surface area contributed by atoms with E-state index in [1.807, 2.05) is 26.0 Å². The molecule has 0 radical (unpaired) electrons. The number of phenols is 1. The van der Waals surface area contributed by atoms with Crippen molar-refractivity contribution in [2.45, 2.75) is 38.5 Å². The Morgan fingerprint density at radius 3 is 2.37 bits per heavy atom. The smallest absolute Gasteiger partial charge is 0.260 e. The molecule has 156 valence electrons. The highest BCUT2D eigenvalue weighted by Gasteiger charge is 2.22. The van der Waals surface area contributed by atoms with E-state index in [2.05, 4.69) is 24.4 Å². The van der Waals surface area contributed by atoms with E-state index in [4.69, 9.17) is 11.6 Å². The number of nitrogens with one attached hydrogen (secondary N) is 1. The first-order valence-electron chi connectivity index (χ1n) is 10.0. The second kappa shape index (κ2) is 10.1. The van der Waals surface area contributed by atoms with E-state index in [0.717, 1.165) is 40.2 Å². The number of aryl methyl sites for hydroxylation is 1.